The molecule has 1 saturated heterocycles. The van der Waals surface area contributed by atoms with E-state index in [1.54, 1.807) is 6.07 Å². The molecule has 122 valence electrons. The Hall–Kier alpha value is -2.69. The number of piperidine rings is 1. The van der Waals surface area contributed by atoms with Crippen molar-refractivity contribution in [3.63, 3.8) is 0 Å². The summed E-state index contributed by atoms with van der Waals surface area (Å²) >= 11 is 0. The second kappa shape index (κ2) is 6.43. The quantitative estimate of drug-likeness (QED) is 0.770. The maximum Gasteiger partial charge on any atom is 0.141 e. The zero-order chi connectivity index (χ0) is 16.4. The van der Waals surface area contributed by atoms with Gasteiger partial charge < -0.3 is 10.2 Å². The molecule has 4 nitrogen and oxygen atoms in total. The van der Waals surface area contributed by atoms with Gasteiger partial charge in [-0.05, 0) is 61.7 Å². The highest BCUT2D eigenvalue weighted by Gasteiger charge is 2.11. The van der Waals surface area contributed by atoms with Gasteiger partial charge in [-0.15, -0.1) is 0 Å². The van der Waals surface area contributed by atoms with Gasteiger partial charge in [0.05, 0.1) is 5.52 Å². The minimum absolute atomic E-state index is 0.291. The lowest BCUT2D eigenvalue weighted by molar-refractivity contribution is 0.578. The van der Waals surface area contributed by atoms with Crippen molar-refractivity contribution in [2.75, 3.05) is 23.3 Å². The van der Waals surface area contributed by atoms with E-state index in [0.29, 0.717) is 11.2 Å². The molecule has 0 radical (unpaired) electrons. The summed E-state index contributed by atoms with van der Waals surface area (Å²) in [5.41, 5.74) is 2.90. The number of hydrogen-bond acceptors (Lipinski definition) is 4. The maximum absolute atomic E-state index is 13.5. The van der Waals surface area contributed by atoms with Gasteiger partial charge >= 0.3 is 0 Å². The van der Waals surface area contributed by atoms with Crippen LogP contribution in [0.3, 0.4) is 0 Å². The molecule has 1 aliphatic rings. The van der Waals surface area contributed by atoms with Crippen LogP contribution in [0, 0.1) is 5.82 Å². The van der Waals surface area contributed by atoms with Crippen LogP contribution in [-0.2, 0) is 0 Å². The molecule has 3 aromatic rings. The molecule has 24 heavy (non-hydrogen) atoms. The molecule has 0 amide bonds. The fourth-order valence-corrected chi connectivity index (χ4v) is 3.17. The van der Waals surface area contributed by atoms with Crippen LogP contribution in [0.5, 0.6) is 0 Å². The number of fused-ring (bicyclic) bond motifs is 1. The predicted molar refractivity (Wildman–Crippen MR) is 95.3 cm³/mol. The highest BCUT2D eigenvalue weighted by molar-refractivity contribution is 5.90. The Morgan fingerprint density at radius 1 is 0.917 bits per heavy atom. The van der Waals surface area contributed by atoms with Crippen LogP contribution in [0.1, 0.15) is 19.3 Å². The summed E-state index contributed by atoms with van der Waals surface area (Å²) in [5, 5.41) is 3.95. The van der Waals surface area contributed by atoms with Crippen LogP contribution in [0.25, 0.3) is 10.9 Å². The SMILES string of the molecule is Fc1ccc2ncnc(Nc3ccc(N4CCCCC4)cc3)c2c1. The van der Waals surface area contributed by atoms with E-state index in [1.165, 1.54) is 43.4 Å². The van der Waals surface area contributed by atoms with Crippen molar-refractivity contribution in [1.82, 2.24) is 9.97 Å². The summed E-state index contributed by atoms with van der Waals surface area (Å²) < 4.78 is 13.5. The Bertz CT molecular complexity index is 842. The van der Waals surface area contributed by atoms with Crippen molar-refractivity contribution < 1.29 is 4.39 Å². The molecular formula is C19H19FN4. The van der Waals surface area contributed by atoms with Gasteiger partial charge in [-0.1, -0.05) is 0 Å². The average molecular weight is 322 g/mol. The zero-order valence-electron chi connectivity index (χ0n) is 13.4. The van der Waals surface area contributed by atoms with Crippen LogP contribution in [-0.4, -0.2) is 23.1 Å². The molecular weight excluding hydrogens is 303 g/mol. The van der Waals surface area contributed by atoms with Crippen molar-refractivity contribution in [2.24, 2.45) is 0 Å². The number of rotatable bonds is 3. The van der Waals surface area contributed by atoms with Crippen LogP contribution in [0.2, 0.25) is 0 Å². The normalized spacial score (nSPS) is 14.8. The largest absolute Gasteiger partial charge is 0.372 e. The van der Waals surface area contributed by atoms with E-state index >= 15 is 0 Å². The van der Waals surface area contributed by atoms with Crippen LogP contribution in [0.15, 0.2) is 48.8 Å². The molecule has 0 spiro atoms. The average Bonchev–Trinajstić information content (AvgIpc) is 2.64. The fraction of sp³-hybridized carbons (Fsp3) is 0.263. The van der Waals surface area contributed by atoms with Gasteiger partial charge in [0.2, 0.25) is 0 Å². The van der Waals surface area contributed by atoms with Crippen molar-refractivity contribution in [3.05, 3.63) is 54.6 Å². The molecule has 1 N–H and O–H groups in total. The first-order valence-electron chi connectivity index (χ1n) is 8.32. The third kappa shape index (κ3) is 3.02. The second-order valence-electron chi connectivity index (χ2n) is 6.10. The van der Waals surface area contributed by atoms with E-state index in [9.17, 15) is 4.39 Å². The lowest BCUT2D eigenvalue weighted by Crippen LogP contribution is -2.29. The van der Waals surface area contributed by atoms with Gasteiger partial charge in [0.15, 0.2) is 0 Å². The minimum atomic E-state index is -0.291. The van der Waals surface area contributed by atoms with Crippen molar-refractivity contribution in [1.29, 1.82) is 0 Å². The molecule has 0 atom stereocenters. The summed E-state index contributed by atoms with van der Waals surface area (Å²) in [7, 11) is 0. The summed E-state index contributed by atoms with van der Waals surface area (Å²) in [6, 6.07) is 12.9. The molecule has 1 aliphatic heterocycles. The molecule has 0 saturated carbocycles. The molecule has 0 bridgehead atoms. The minimum Gasteiger partial charge on any atom is -0.372 e. The monoisotopic (exact) mass is 322 g/mol. The van der Waals surface area contributed by atoms with Gasteiger partial charge in [-0.25, -0.2) is 14.4 Å². The second-order valence-corrected chi connectivity index (χ2v) is 6.10. The van der Waals surface area contributed by atoms with E-state index in [0.717, 1.165) is 24.3 Å². The Morgan fingerprint density at radius 3 is 2.50 bits per heavy atom. The summed E-state index contributed by atoms with van der Waals surface area (Å²) in [4.78, 5) is 10.9. The molecule has 1 aromatic heterocycles. The molecule has 2 heterocycles. The number of aromatic nitrogens is 2. The van der Waals surface area contributed by atoms with Crippen molar-refractivity contribution >= 4 is 28.1 Å². The van der Waals surface area contributed by atoms with Crippen molar-refractivity contribution in [3.8, 4) is 0 Å². The Labute approximate surface area is 140 Å². The number of halogens is 1. The number of nitrogens with one attached hydrogen (secondary N) is 1. The third-order valence-corrected chi connectivity index (χ3v) is 4.45. The van der Waals surface area contributed by atoms with E-state index in [4.69, 9.17) is 0 Å². The fourth-order valence-electron chi connectivity index (χ4n) is 3.17. The zero-order valence-corrected chi connectivity index (χ0v) is 13.4. The Morgan fingerprint density at radius 2 is 1.71 bits per heavy atom. The highest BCUT2D eigenvalue weighted by Crippen LogP contribution is 2.26. The van der Waals surface area contributed by atoms with E-state index in [1.807, 2.05) is 12.1 Å². The number of nitrogens with zero attached hydrogens (tertiary/aromatic N) is 3. The Balaban J connectivity index is 1.58. The summed E-state index contributed by atoms with van der Waals surface area (Å²) in [6.07, 6.45) is 5.34. The maximum atomic E-state index is 13.5. The van der Waals surface area contributed by atoms with E-state index < -0.39 is 0 Å². The van der Waals surface area contributed by atoms with Crippen LogP contribution in [0.4, 0.5) is 21.6 Å². The lowest BCUT2D eigenvalue weighted by atomic mass is 10.1. The highest BCUT2D eigenvalue weighted by atomic mass is 19.1. The first-order valence-corrected chi connectivity index (χ1v) is 8.32. The van der Waals surface area contributed by atoms with Gasteiger partial charge in [0.25, 0.3) is 0 Å². The molecule has 0 aliphatic carbocycles. The third-order valence-electron chi connectivity index (χ3n) is 4.45. The predicted octanol–water partition coefficient (Wildman–Crippen LogP) is 4.50. The van der Waals surface area contributed by atoms with Crippen LogP contribution >= 0.6 is 0 Å². The van der Waals surface area contributed by atoms with Gasteiger partial charge in [0.1, 0.15) is 18.0 Å². The molecule has 2 aromatic carbocycles. The topological polar surface area (TPSA) is 41.1 Å². The lowest BCUT2D eigenvalue weighted by Gasteiger charge is -2.28. The molecule has 0 unspecified atom stereocenters. The first kappa shape index (κ1) is 14.9. The van der Waals surface area contributed by atoms with E-state index in [-0.39, 0.29) is 5.82 Å². The summed E-state index contributed by atoms with van der Waals surface area (Å²) in [6.45, 7) is 2.26. The number of benzene rings is 2. The van der Waals surface area contributed by atoms with Gasteiger partial charge in [-0.2, -0.15) is 0 Å². The number of anilines is 3. The standard InChI is InChI=1S/C19H19FN4/c20-14-4-9-18-17(12-14)19(22-13-21-18)23-15-5-7-16(8-6-15)24-10-2-1-3-11-24/h4-9,12-13H,1-3,10-11H2,(H,21,22,23). The Kier molecular flexibility index (Phi) is 3.99. The smallest absolute Gasteiger partial charge is 0.141 e. The summed E-state index contributed by atoms with van der Waals surface area (Å²) in [5.74, 6) is 0.325. The number of hydrogen-bond donors (Lipinski definition) is 1. The van der Waals surface area contributed by atoms with E-state index in [2.05, 4.69) is 32.3 Å². The first-order chi connectivity index (χ1) is 11.8. The van der Waals surface area contributed by atoms with Crippen molar-refractivity contribution in [2.45, 2.75) is 19.3 Å². The molecule has 5 heteroatoms. The van der Waals surface area contributed by atoms with Crippen LogP contribution < -0.4 is 10.2 Å². The molecule has 1 fully saturated rings. The molecule has 4 rings (SSSR count). The van der Waals surface area contributed by atoms with Gasteiger partial charge in [-0.3, -0.25) is 0 Å². The van der Waals surface area contributed by atoms with Gasteiger partial charge in [0, 0.05) is 29.9 Å².